The number of para-hydroxylation sites is 4. The summed E-state index contributed by atoms with van der Waals surface area (Å²) in [5, 5.41) is 5.76. The van der Waals surface area contributed by atoms with Crippen LogP contribution < -0.4 is 0 Å². The van der Waals surface area contributed by atoms with Crippen LogP contribution in [-0.2, 0) is 0 Å². The van der Waals surface area contributed by atoms with Gasteiger partial charge in [-0.05, 0) is 65.2 Å². The maximum absolute atomic E-state index is 6.36. The number of hydrogen-bond donors (Lipinski definition) is 0. The first-order valence-electron chi connectivity index (χ1n) is 17.2. The van der Waals surface area contributed by atoms with E-state index in [2.05, 4.69) is 173 Å². The van der Waals surface area contributed by atoms with E-state index >= 15 is 0 Å². The molecule has 7 aromatic carbocycles. The summed E-state index contributed by atoms with van der Waals surface area (Å²) >= 11 is 0. The topological polar surface area (TPSA) is 48.8 Å². The lowest BCUT2D eigenvalue weighted by atomic mass is 9.96. The van der Waals surface area contributed by atoms with Crippen molar-refractivity contribution in [1.82, 2.24) is 19.1 Å². The normalized spacial score (nSPS) is 11.9. The first kappa shape index (κ1) is 27.9. The van der Waals surface area contributed by atoms with Gasteiger partial charge in [-0.1, -0.05) is 115 Å². The molecule has 0 bridgehead atoms. The molecule has 5 heteroatoms. The highest BCUT2D eigenvalue weighted by atomic mass is 16.3. The third-order valence-electron chi connectivity index (χ3n) is 10.2. The average molecular weight is 653 g/mol. The Hall–Kier alpha value is -6.98. The Morgan fingerprint density at radius 3 is 1.59 bits per heavy atom. The largest absolute Gasteiger partial charge is 0.453 e. The second-order valence-corrected chi connectivity index (χ2v) is 13.0. The molecule has 11 rings (SSSR count). The van der Waals surface area contributed by atoms with Crippen molar-refractivity contribution in [3.8, 4) is 33.9 Å². The molecule has 4 heterocycles. The van der Waals surface area contributed by atoms with Gasteiger partial charge in [0.25, 0.3) is 0 Å². The van der Waals surface area contributed by atoms with E-state index in [0.29, 0.717) is 11.5 Å². The second kappa shape index (κ2) is 10.8. The number of rotatable bonds is 4. The molecular weight excluding hydrogens is 625 g/mol. The second-order valence-electron chi connectivity index (χ2n) is 13.0. The van der Waals surface area contributed by atoms with Crippen LogP contribution in [0.3, 0.4) is 0 Å². The van der Waals surface area contributed by atoms with Gasteiger partial charge in [-0.2, -0.15) is 0 Å². The lowest BCUT2D eigenvalue weighted by Crippen LogP contribution is -2.00. The zero-order chi connectivity index (χ0) is 33.5. The maximum atomic E-state index is 6.36. The molecule has 0 saturated carbocycles. The van der Waals surface area contributed by atoms with Gasteiger partial charge < -0.3 is 8.98 Å². The van der Waals surface area contributed by atoms with Gasteiger partial charge >= 0.3 is 0 Å². The van der Waals surface area contributed by atoms with Gasteiger partial charge in [0.15, 0.2) is 5.58 Å². The van der Waals surface area contributed by atoms with Crippen LogP contribution >= 0.6 is 0 Å². The van der Waals surface area contributed by atoms with Crippen LogP contribution in [0.2, 0.25) is 0 Å². The summed E-state index contributed by atoms with van der Waals surface area (Å²) in [6, 6.07) is 58.0. The van der Waals surface area contributed by atoms with Crippen molar-refractivity contribution < 1.29 is 4.42 Å². The first-order valence-corrected chi connectivity index (χ1v) is 17.2. The van der Waals surface area contributed by atoms with Crippen LogP contribution in [0.15, 0.2) is 174 Å². The Kier molecular flexibility index (Phi) is 5.89. The lowest BCUT2D eigenvalue weighted by molar-refractivity contribution is 0.665. The van der Waals surface area contributed by atoms with Crippen molar-refractivity contribution in [1.29, 1.82) is 0 Å². The summed E-state index contributed by atoms with van der Waals surface area (Å²) in [7, 11) is 0. The van der Waals surface area contributed by atoms with Gasteiger partial charge in [0, 0.05) is 32.5 Å². The van der Waals surface area contributed by atoms with Crippen LogP contribution in [0.1, 0.15) is 0 Å². The average Bonchev–Trinajstić information content (AvgIpc) is 3.85. The van der Waals surface area contributed by atoms with E-state index < -0.39 is 0 Å². The summed E-state index contributed by atoms with van der Waals surface area (Å²) in [5.74, 6) is 0.616. The maximum Gasteiger partial charge on any atom is 0.235 e. The fourth-order valence-electron chi connectivity index (χ4n) is 7.92. The van der Waals surface area contributed by atoms with Gasteiger partial charge in [0.05, 0.1) is 34.0 Å². The number of furan rings is 1. The molecule has 0 amide bonds. The minimum atomic E-state index is 0.616. The Morgan fingerprint density at radius 2 is 0.961 bits per heavy atom. The minimum absolute atomic E-state index is 0.616. The molecule has 238 valence electrons. The fraction of sp³-hybridized carbons (Fsp3) is 0. The van der Waals surface area contributed by atoms with E-state index in [9.17, 15) is 0 Å². The number of aromatic nitrogens is 4. The third kappa shape index (κ3) is 4.15. The molecular formula is C46H28N4O. The minimum Gasteiger partial charge on any atom is -0.453 e. The van der Waals surface area contributed by atoms with Crippen molar-refractivity contribution in [3.05, 3.63) is 170 Å². The van der Waals surface area contributed by atoms with Gasteiger partial charge in [-0.25, -0.2) is 9.97 Å². The van der Waals surface area contributed by atoms with E-state index in [4.69, 9.17) is 14.4 Å². The summed E-state index contributed by atoms with van der Waals surface area (Å²) < 4.78 is 10.9. The van der Waals surface area contributed by atoms with Crippen LogP contribution in [0, 0.1) is 0 Å². The number of hydrogen-bond acceptors (Lipinski definition) is 3. The molecule has 0 unspecified atom stereocenters. The number of nitrogens with zero attached hydrogens (tertiary/aromatic N) is 4. The van der Waals surface area contributed by atoms with Gasteiger partial charge in [0.1, 0.15) is 11.1 Å². The van der Waals surface area contributed by atoms with E-state index in [1.54, 1.807) is 6.20 Å². The van der Waals surface area contributed by atoms with E-state index in [-0.39, 0.29) is 0 Å². The monoisotopic (exact) mass is 652 g/mol. The lowest BCUT2D eigenvalue weighted by Gasteiger charge is -2.16. The highest BCUT2D eigenvalue weighted by Crippen LogP contribution is 2.40. The zero-order valence-corrected chi connectivity index (χ0v) is 27.4. The molecule has 11 aromatic rings. The zero-order valence-electron chi connectivity index (χ0n) is 27.4. The number of benzene rings is 7. The molecule has 0 fully saturated rings. The van der Waals surface area contributed by atoms with E-state index in [0.717, 1.165) is 49.9 Å². The van der Waals surface area contributed by atoms with Crippen LogP contribution in [0.4, 0.5) is 0 Å². The molecule has 0 N–H and O–H groups in total. The molecule has 0 aliphatic rings. The molecule has 5 nitrogen and oxygen atoms in total. The molecule has 51 heavy (non-hydrogen) atoms. The summed E-state index contributed by atoms with van der Waals surface area (Å²) in [6.45, 7) is 0. The quantitative estimate of drug-likeness (QED) is 0.190. The van der Waals surface area contributed by atoms with Gasteiger partial charge in [-0.3, -0.25) is 4.57 Å². The van der Waals surface area contributed by atoms with E-state index in [1.807, 2.05) is 0 Å². The molecule has 0 radical (unpaired) electrons. The molecule has 0 spiro atoms. The highest BCUT2D eigenvalue weighted by molar-refractivity contribution is 6.11. The van der Waals surface area contributed by atoms with Crippen molar-refractivity contribution in [2.45, 2.75) is 0 Å². The van der Waals surface area contributed by atoms with Crippen LogP contribution in [-0.4, -0.2) is 19.1 Å². The van der Waals surface area contributed by atoms with Crippen LogP contribution in [0.25, 0.3) is 99.6 Å². The standard InChI is InChI=1S/C46H28N4O/c1-2-12-29(13-3-1)30-22-24-42(49-38-18-8-4-14-32(38)33-15-5-9-19-39(33)49)36(26-30)31-23-25-43-37(27-31)45-44(51-43)28-47-46(48-45)50-40-20-10-6-16-34(40)35-17-7-11-21-41(35)50/h1-28H. The Bertz CT molecular complexity index is 3040. The molecule has 0 atom stereocenters. The predicted octanol–water partition coefficient (Wildman–Crippen LogP) is 11.9. The van der Waals surface area contributed by atoms with Crippen molar-refractivity contribution >= 4 is 65.7 Å². The fourth-order valence-corrected chi connectivity index (χ4v) is 7.92. The molecule has 4 aromatic heterocycles. The summed E-state index contributed by atoms with van der Waals surface area (Å²) in [6.07, 6.45) is 1.81. The van der Waals surface area contributed by atoms with E-state index in [1.165, 1.54) is 38.1 Å². The van der Waals surface area contributed by atoms with Crippen molar-refractivity contribution in [3.63, 3.8) is 0 Å². The van der Waals surface area contributed by atoms with Gasteiger partial charge in [-0.15, -0.1) is 0 Å². The van der Waals surface area contributed by atoms with Crippen molar-refractivity contribution in [2.75, 3.05) is 0 Å². The molecule has 0 saturated heterocycles. The van der Waals surface area contributed by atoms with Crippen LogP contribution in [0.5, 0.6) is 0 Å². The third-order valence-corrected chi connectivity index (χ3v) is 10.2. The highest BCUT2D eigenvalue weighted by Gasteiger charge is 2.20. The smallest absolute Gasteiger partial charge is 0.235 e. The molecule has 0 aliphatic heterocycles. The Balaban J connectivity index is 1.17. The summed E-state index contributed by atoms with van der Waals surface area (Å²) in [4.78, 5) is 10.0. The first-order chi connectivity index (χ1) is 25.3. The summed E-state index contributed by atoms with van der Waals surface area (Å²) in [5.41, 5.74) is 12.3. The number of fused-ring (bicyclic) bond motifs is 9. The Labute approximate surface area is 292 Å². The Morgan fingerprint density at radius 1 is 0.412 bits per heavy atom. The van der Waals surface area contributed by atoms with Crippen molar-refractivity contribution in [2.24, 2.45) is 0 Å². The molecule has 0 aliphatic carbocycles. The SMILES string of the molecule is c1ccc(-c2ccc(-n3c4ccccc4c4ccccc43)c(-c3ccc4oc5cnc(-n6c7ccccc7c7ccccc76)nc5c4c3)c2)cc1. The predicted molar refractivity (Wildman–Crippen MR) is 209 cm³/mol. The van der Waals surface area contributed by atoms with Gasteiger partial charge in [0.2, 0.25) is 5.95 Å².